The Labute approximate surface area is 71.8 Å². The van der Waals surface area contributed by atoms with Crippen LogP contribution in [-0.2, 0) is 4.79 Å². The van der Waals surface area contributed by atoms with Crippen molar-refractivity contribution in [1.29, 1.82) is 0 Å². The van der Waals surface area contributed by atoms with Crippen molar-refractivity contribution in [3.8, 4) is 0 Å². The van der Waals surface area contributed by atoms with Gasteiger partial charge in [-0.2, -0.15) is 0 Å². The van der Waals surface area contributed by atoms with Crippen molar-refractivity contribution in [2.24, 2.45) is 5.92 Å². The zero-order valence-corrected chi connectivity index (χ0v) is 7.16. The van der Waals surface area contributed by atoms with Crippen LogP contribution in [0.25, 0.3) is 0 Å². The molecule has 0 atom stereocenters. The Morgan fingerprint density at radius 2 is 2.42 bits per heavy atom. The number of anilines is 1. The van der Waals surface area contributed by atoms with Gasteiger partial charge in [0.2, 0.25) is 5.91 Å². The third-order valence-corrected chi connectivity index (χ3v) is 1.38. The summed E-state index contributed by atoms with van der Waals surface area (Å²) in [4.78, 5) is 15.1. The molecule has 0 spiro atoms. The number of rotatable bonds is 2. The van der Waals surface area contributed by atoms with Crippen molar-refractivity contribution < 1.29 is 4.79 Å². The highest BCUT2D eigenvalue weighted by atomic mass is 16.1. The van der Waals surface area contributed by atoms with Gasteiger partial charge in [0.05, 0.1) is 0 Å². The van der Waals surface area contributed by atoms with Crippen molar-refractivity contribution in [3.63, 3.8) is 0 Å². The fourth-order valence-electron chi connectivity index (χ4n) is 0.664. The molecule has 0 fully saturated rings. The van der Waals surface area contributed by atoms with Gasteiger partial charge >= 0.3 is 0 Å². The molecule has 1 radical (unpaired) electrons. The van der Waals surface area contributed by atoms with Gasteiger partial charge in [-0.3, -0.25) is 4.79 Å². The minimum Gasteiger partial charge on any atom is -0.310 e. The Kier molecular flexibility index (Phi) is 2.80. The van der Waals surface area contributed by atoms with Crippen LogP contribution in [0.15, 0.2) is 18.3 Å². The molecule has 1 heterocycles. The number of hydrogen-bond acceptors (Lipinski definition) is 2. The average molecular weight is 163 g/mol. The molecule has 3 nitrogen and oxygen atoms in total. The summed E-state index contributed by atoms with van der Waals surface area (Å²) in [5.41, 5.74) is 0. The molecule has 0 saturated carbocycles. The molecular weight excluding hydrogens is 152 g/mol. The van der Waals surface area contributed by atoms with Gasteiger partial charge in [0.15, 0.2) is 0 Å². The van der Waals surface area contributed by atoms with E-state index in [1.165, 1.54) is 0 Å². The number of nitrogens with one attached hydrogen (secondary N) is 1. The molecule has 1 rings (SSSR count). The zero-order chi connectivity index (χ0) is 8.97. The Balaban J connectivity index is 2.59. The number of amides is 1. The molecule has 1 amide bonds. The SMILES string of the molecule is CC(C)C(=O)Nc1c[c]ccn1. The van der Waals surface area contributed by atoms with E-state index >= 15 is 0 Å². The number of hydrogen-bond donors (Lipinski definition) is 1. The van der Waals surface area contributed by atoms with E-state index < -0.39 is 0 Å². The van der Waals surface area contributed by atoms with Gasteiger partial charge in [0, 0.05) is 12.1 Å². The maximum atomic E-state index is 11.1. The molecule has 1 N–H and O–H groups in total. The molecular formula is C9H11N2O. The molecule has 0 aromatic carbocycles. The van der Waals surface area contributed by atoms with E-state index in [1.54, 1.807) is 18.3 Å². The first-order chi connectivity index (χ1) is 5.70. The molecule has 3 heteroatoms. The van der Waals surface area contributed by atoms with Gasteiger partial charge in [-0.05, 0) is 18.2 Å². The Bertz CT molecular complexity index is 256. The molecule has 0 aliphatic heterocycles. The standard InChI is InChI=1S/C9H11N2O/c1-7(2)9(12)11-8-5-3-4-6-10-8/h4-7H,1-2H3,(H,10,11,12). The number of nitrogens with zero attached hydrogens (tertiary/aromatic N) is 1. The topological polar surface area (TPSA) is 42.0 Å². The van der Waals surface area contributed by atoms with Gasteiger partial charge in [0.1, 0.15) is 5.82 Å². The number of aromatic nitrogens is 1. The van der Waals surface area contributed by atoms with Gasteiger partial charge in [-0.25, -0.2) is 4.98 Å². The summed E-state index contributed by atoms with van der Waals surface area (Å²) in [5.74, 6) is 0.505. The summed E-state index contributed by atoms with van der Waals surface area (Å²) in [6, 6.07) is 6.15. The second-order valence-electron chi connectivity index (χ2n) is 2.79. The molecule has 63 valence electrons. The molecule has 0 unspecified atom stereocenters. The average Bonchev–Trinajstić information content (AvgIpc) is 2.06. The van der Waals surface area contributed by atoms with Crippen molar-refractivity contribution in [2.75, 3.05) is 5.32 Å². The van der Waals surface area contributed by atoms with Crippen LogP contribution in [0, 0.1) is 12.0 Å². The fraction of sp³-hybridized carbons (Fsp3) is 0.333. The zero-order valence-electron chi connectivity index (χ0n) is 7.16. The van der Waals surface area contributed by atoms with Crippen LogP contribution in [0.3, 0.4) is 0 Å². The maximum absolute atomic E-state index is 11.1. The highest BCUT2D eigenvalue weighted by molar-refractivity contribution is 5.91. The predicted molar refractivity (Wildman–Crippen MR) is 46.5 cm³/mol. The Morgan fingerprint density at radius 3 is 2.92 bits per heavy atom. The van der Waals surface area contributed by atoms with Gasteiger partial charge in [-0.1, -0.05) is 13.8 Å². The summed E-state index contributed by atoms with van der Waals surface area (Å²) < 4.78 is 0. The Morgan fingerprint density at radius 1 is 1.67 bits per heavy atom. The van der Waals surface area contributed by atoms with E-state index in [0.717, 1.165) is 0 Å². The van der Waals surface area contributed by atoms with Crippen LogP contribution in [0.1, 0.15) is 13.8 Å². The van der Waals surface area contributed by atoms with Crippen molar-refractivity contribution >= 4 is 11.7 Å². The lowest BCUT2D eigenvalue weighted by molar-refractivity contribution is -0.118. The first kappa shape index (κ1) is 8.71. The van der Waals surface area contributed by atoms with E-state index in [-0.39, 0.29) is 11.8 Å². The van der Waals surface area contributed by atoms with E-state index in [0.29, 0.717) is 5.82 Å². The van der Waals surface area contributed by atoms with E-state index in [2.05, 4.69) is 16.4 Å². The first-order valence-corrected chi connectivity index (χ1v) is 3.83. The summed E-state index contributed by atoms with van der Waals surface area (Å²) in [6.45, 7) is 3.67. The lowest BCUT2D eigenvalue weighted by atomic mass is 10.2. The largest absolute Gasteiger partial charge is 0.310 e. The minimum absolute atomic E-state index is 0.0213. The summed E-state index contributed by atoms with van der Waals surface area (Å²) in [7, 11) is 0. The highest BCUT2D eigenvalue weighted by Crippen LogP contribution is 2.02. The molecule has 12 heavy (non-hydrogen) atoms. The number of carbonyl (C=O) groups excluding carboxylic acids is 1. The molecule has 0 bridgehead atoms. The van der Waals surface area contributed by atoms with E-state index in [1.807, 2.05) is 13.8 Å². The minimum atomic E-state index is -0.0258. The molecule has 1 aromatic heterocycles. The second-order valence-corrected chi connectivity index (χ2v) is 2.79. The molecule has 1 aromatic rings. The maximum Gasteiger partial charge on any atom is 0.228 e. The quantitative estimate of drug-likeness (QED) is 0.717. The molecule has 0 aliphatic carbocycles. The number of pyridine rings is 1. The van der Waals surface area contributed by atoms with E-state index in [9.17, 15) is 4.79 Å². The van der Waals surface area contributed by atoms with Crippen molar-refractivity contribution in [2.45, 2.75) is 13.8 Å². The molecule has 0 saturated heterocycles. The van der Waals surface area contributed by atoms with Gasteiger partial charge < -0.3 is 5.32 Å². The van der Waals surface area contributed by atoms with Crippen LogP contribution in [0.4, 0.5) is 5.82 Å². The second kappa shape index (κ2) is 3.85. The van der Waals surface area contributed by atoms with Crippen LogP contribution >= 0.6 is 0 Å². The Hall–Kier alpha value is -1.38. The molecule has 0 aliphatic rings. The van der Waals surface area contributed by atoms with Crippen molar-refractivity contribution in [3.05, 3.63) is 24.4 Å². The summed E-state index contributed by atoms with van der Waals surface area (Å²) in [6.07, 6.45) is 1.59. The normalized spacial score (nSPS) is 9.92. The lowest BCUT2D eigenvalue weighted by Gasteiger charge is -2.05. The van der Waals surface area contributed by atoms with Crippen molar-refractivity contribution in [1.82, 2.24) is 4.98 Å². The van der Waals surface area contributed by atoms with Gasteiger partial charge in [-0.15, -0.1) is 0 Å². The monoisotopic (exact) mass is 163 g/mol. The smallest absolute Gasteiger partial charge is 0.228 e. The van der Waals surface area contributed by atoms with Crippen LogP contribution in [0.2, 0.25) is 0 Å². The number of carbonyl (C=O) groups is 1. The van der Waals surface area contributed by atoms with Crippen LogP contribution in [0.5, 0.6) is 0 Å². The first-order valence-electron chi connectivity index (χ1n) is 3.83. The van der Waals surface area contributed by atoms with E-state index in [4.69, 9.17) is 0 Å². The highest BCUT2D eigenvalue weighted by Gasteiger charge is 2.06. The fourth-order valence-corrected chi connectivity index (χ4v) is 0.664. The van der Waals surface area contributed by atoms with Crippen LogP contribution < -0.4 is 5.32 Å². The van der Waals surface area contributed by atoms with Crippen LogP contribution in [-0.4, -0.2) is 10.9 Å². The third-order valence-electron chi connectivity index (χ3n) is 1.38. The third kappa shape index (κ3) is 2.34. The summed E-state index contributed by atoms with van der Waals surface area (Å²) in [5, 5.41) is 2.66. The summed E-state index contributed by atoms with van der Waals surface area (Å²) >= 11 is 0. The lowest BCUT2D eigenvalue weighted by Crippen LogP contribution is -2.18. The predicted octanol–water partition coefficient (Wildman–Crippen LogP) is 1.48. The van der Waals surface area contributed by atoms with Gasteiger partial charge in [0.25, 0.3) is 0 Å².